The summed E-state index contributed by atoms with van der Waals surface area (Å²) in [4.78, 5) is 17.5. The van der Waals surface area contributed by atoms with E-state index in [0.29, 0.717) is 12.3 Å². The molecule has 0 amide bonds. The van der Waals surface area contributed by atoms with Gasteiger partial charge in [0, 0.05) is 11.3 Å². The van der Waals surface area contributed by atoms with Gasteiger partial charge in [0.15, 0.2) is 0 Å². The van der Waals surface area contributed by atoms with Crippen molar-refractivity contribution in [1.29, 1.82) is 0 Å². The van der Waals surface area contributed by atoms with E-state index in [1.165, 1.54) is 11.3 Å². The molecule has 1 aliphatic carbocycles. The quantitative estimate of drug-likeness (QED) is 0.908. The van der Waals surface area contributed by atoms with Gasteiger partial charge >= 0.3 is 5.97 Å². The number of rotatable bonds is 4. The van der Waals surface area contributed by atoms with Gasteiger partial charge in [0.05, 0.1) is 16.1 Å². The molecule has 1 aromatic rings. The van der Waals surface area contributed by atoms with E-state index in [0.717, 1.165) is 36.4 Å². The fourth-order valence-electron chi connectivity index (χ4n) is 3.01. The smallest absolute Gasteiger partial charge is 0.310 e. The monoisotopic (exact) mass is 281 g/mol. The lowest BCUT2D eigenvalue weighted by Crippen LogP contribution is -2.37. The number of carbonyl (C=O) groups is 1. The van der Waals surface area contributed by atoms with Crippen molar-refractivity contribution in [1.82, 2.24) is 4.98 Å². The van der Waals surface area contributed by atoms with E-state index in [4.69, 9.17) is 0 Å². The first kappa shape index (κ1) is 14.5. The molecule has 3 nitrogen and oxygen atoms in total. The van der Waals surface area contributed by atoms with Crippen LogP contribution in [-0.2, 0) is 11.2 Å². The molecule has 1 aliphatic rings. The molecule has 0 spiro atoms. The van der Waals surface area contributed by atoms with Gasteiger partial charge in [-0.2, -0.15) is 0 Å². The molecule has 4 heteroatoms. The summed E-state index contributed by atoms with van der Waals surface area (Å²) in [5.74, 6) is 0.0831. The van der Waals surface area contributed by atoms with Crippen molar-refractivity contribution in [2.24, 2.45) is 11.3 Å². The van der Waals surface area contributed by atoms with Gasteiger partial charge in [-0.1, -0.05) is 13.3 Å². The van der Waals surface area contributed by atoms with Gasteiger partial charge in [-0.15, -0.1) is 11.3 Å². The van der Waals surface area contributed by atoms with Gasteiger partial charge in [0.1, 0.15) is 0 Å². The molecule has 1 fully saturated rings. The Kier molecular flexibility index (Phi) is 4.29. The highest BCUT2D eigenvalue weighted by Gasteiger charge is 2.42. The van der Waals surface area contributed by atoms with Crippen molar-refractivity contribution in [2.75, 3.05) is 0 Å². The van der Waals surface area contributed by atoms with Crippen molar-refractivity contribution in [2.45, 2.75) is 59.3 Å². The maximum absolute atomic E-state index is 11.7. The number of aromatic nitrogens is 1. The number of carboxylic acid groups (broad SMARTS) is 1. The maximum atomic E-state index is 11.7. The molecule has 2 rings (SSSR count). The summed E-state index contributed by atoms with van der Waals surface area (Å²) in [6.45, 7) is 6.25. The van der Waals surface area contributed by atoms with Gasteiger partial charge in [-0.05, 0) is 45.4 Å². The predicted molar refractivity (Wildman–Crippen MR) is 77.6 cm³/mol. The Bertz CT molecular complexity index is 439. The molecule has 106 valence electrons. The van der Waals surface area contributed by atoms with Crippen molar-refractivity contribution < 1.29 is 9.90 Å². The normalized spacial score (nSPS) is 27.4. The Hall–Kier alpha value is -0.900. The number of hydrogen-bond donors (Lipinski definition) is 1. The van der Waals surface area contributed by atoms with E-state index >= 15 is 0 Å². The highest BCUT2D eigenvalue weighted by atomic mass is 32.1. The van der Waals surface area contributed by atoms with Crippen LogP contribution in [0.15, 0.2) is 0 Å². The molecule has 0 saturated heterocycles. The average Bonchev–Trinajstić information content (AvgIpc) is 2.69. The minimum atomic E-state index is -0.632. The summed E-state index contributed by atoms with van der Waals surface area (Å²) in [6, 6.07) is 0. The zero-order chi connectivity index (χ0) is 14.0. The molecule has 0 bridgehead atoms. The van der Waals surface area contributed by atoms with Crippen LogP contribution in [0.1, 0.15) is 54.6 Å². The van der Waals surface area contributed by atoms with E-state index < -0.39 is 11.4 Å². The minimum Gasteiger partial charge on any atom is -0.481 e. The first-order valence-electron chi connectivity index (χ1n) is 7.13. The van der Waals surface area contributed by atoms with Crippen LogP contribution in [0.3, 0.4) is 0 Å². The number of hydrogen-bond acceptors (Lipinski definition) is 3. The summed E-state index contributed by atoms with van der Waals surface area (Å²) in [6.07, 6.45) is 5.48. The van der Waals surface area contributed by atoms with Crippen LogP contribution >= 0.6 is 11.3 Å². The van der Waals surface area contributed by atoms with Gasteiger partial charge in [0.2, 0.25) is 0 Å². The fraction of sp³-hybridized carbons (Fsp3) is 0.733. The molecule has 19 heavy (non-hydrogen) atoms. The zero-order valence-electron chi connectivity index (χ0n) is 12.0. The maximum Gasteiger partial charge on any atom is 0.310 e. The van der Waals surface area contributed by atoms with Crippen LogP contribution in [-0.4, -0.2) is 16.1 Å². The van der Waals surface area contributed by atoms with Crippen LogP contribution < -0.4 is 0 Å². The topological polar surface area (TPSA) is 50.2 Å². The number of aryl methyl sites for hydroxylation is 2. The van der Waals surface area contributed by atoms with Crippen molar-refractivity contribution in [3.63, 3.8) is 0 Å². The number of nitrogens with zero attached hydrogens (tertiary/aromatic N) is 1. The lowest BCUT2D eigenvalue weighted by Gasteiger charge is -2.36. The Labute approximate surface area is 119 Å². The third-order valence-electron chi connectivity index (χ3n) is 4.66. The van der Waals surface area contributed by atoms with Crippen molar-refractivity contribution in [3.8, 4) is 0 Å². The molecule has 0 aliphatic heterocycles. The molecule has 1 aromatic heterocycles. The van der Waals surface area contributed by atoms with Gasteiger partial charge < -0.3 is 5.11 Å². The minimum absolute atomic E-state index is 0.567. The molecular weight excluding hydrogens is 258 g/mol. The third-order valence-corrected chi connectivity index (χ3v) is 5.73. The fourth-order valence-corrected chi connectivity index (χ4v) is 4.09. The Morgan fingerprint density at radius 2 is 2.05 bits per heavy atom. The molecule has 1 saturated carbocycles. The molecule has 1 heterocycles. The lowest BCUT2D eigenvalue weighted by molar-refractivity contribution is -0.151. The Morgan fingerprint density at radius 1 is 1.42 bits per heavy atom. The lowest BCUT2D eigenvalue weighted by atomic mass is 9.68. The molecular formula is C15H23NO2S. The van der Waals surface area contributed by atoms with E-state index in [9.17, 15) is 9.90 Å². The largest absolute Gasteiger partial charge is 0.481 e. The van der Waals surface area contributed by atoms with E-state index in [1.54, 1.807) is 11.3 Å². The average molecular weight is 281 g/mol. The highest BCUT2D eigenvalue weighted by Crippen LogP contribution is 2.43. The van der Waals surface area contributed by atoms with Gasteiger partial charge in [-0.25, -0.2) is 4.98 Å². The second kappa shape index (κ2) is 5.61. The zero-order valence-corrected chi connectivity index (χ0v) is 12.8. The number of carboxylic acids is 1. The van der Waals surface area contributed by atoms with Gasteiger partial charge in [-0.3, -0.25) is 4.79 Å². The van der Waals surface area contributed by atoms with Gasteiger partial charge in [0.25, 0.3) is 0 Å². The summed E-state index contributed by atoms with van der Waals surface area (Å²) in [5.41, 5.74) is 0.477. The summed E-state index contributed by atoms with van der Waals surface area (Å²) < 4.78 is 0. The number of thiazole rings is 1. The van der Waals surface area contributed by atoms with Crippen LogP contribution in [0.4, 0.5) is 0 Å². The second-order valence-electron chi connectivity index (χ2n) is 5.86. The van der Waals surface area contributed by atoms with Crippen molar-refractivity contribution in [3.05, 3.63) is 15.6 Å². The van der Waals surface area contributed by atoms with Crippen LogP contribution in [0.25, 0.3) is 0 Å². The van der Waals surface area contributed by atoms with Crippen molar-refractivity contribution >= 4 is 17.3 Å². The van der Waals surface area contributed by atoms with E-state index in [1.807, 2.05) is 6.92 Å². The second-order valence-corrected chi connectivity index (χ2v) is 7.15. The molecule has 0 radical (unpaired) electrons. The highest BCUT2D eigenvalue weighted by molar-refractivity contribution is 7.11. The third kappa shape index (κ3) is 2.99. The SMILES string of the molecule is CCC1CCC(Cc2nc(C)c(C)s2)(C(=O)O)CC1. The first-order valence-corrected chi connectivity index (χ1v) is 7.95. The van der Waals surface area contributed by atoms with Crippen LogP contribution in [0.5, 0.6) is 0 Å². The summed E-state index contributed by atoms with van der Waals surface area (Å²) >= 11 is 1.66. The molecule has 1 N–H and O–H groups in total. The van der Waals surface area contributed by atoms with Crippen LogP contribution in [0.2, 0.25) is 0 Å². The summed E-state index contributed by atoms with van der Waals surface area (Å²) in [7, 11) is 0. The predicted octanol–water partition coefficient (Wildman–Crippen LogP) is 3.97. The molecule has 0 aromatic carbocycles. The standard InChI is InChI=1S/C15H23NO2S/c1-4-12-5-7-15(8-6-12,14(17)18)9-13-16-10(2)11(3)19-13/h12H,4-9H2,1-3H3,(H,17,18). The van der Waals surface area contributed by atoms with E-state index in [-0.39, 0.29) is 0 Å². The Morgan fingerprint density at radius 3 is 2.47 bits per heavy atom. The molecule has 0 unspecified atom stereocenters. The Balaban J connectivity index is 2.15. The summed E-state index contributed by atoms with van der Waals surface area (Å²) in [5, 5.41) is 10.7. The van der Waals surface area contributed by atoms with Crippen LogP contribution in [0, 0.1) is 25.2 Å². The van der Waals surface area contributed by atoms with E-state index in [2.05, 4.69) is 18.8 Å². The first-order chi connectivity index (χ1) is 8.97. The molecule has 0 atom stereocenters. The number of aliphatic carboxylic acids is 1.